The average Bonchev–Trinajstić information content (AvgIpc) is 2.78. The summed E-state index contributed by atoms with van der Waals surface area (Å²) in [5.74, 6) is 2.15. The zero-order valence-corrected chi connectivity index (χ0v) is 13.6. The molecule has 0 heterocycles. The van der Waals surface area contributed by atoms with Crippen molar-refractivity contribution in [3.8, 4) is 0 Å². The van der Waals surface area contributed by atoms with Gasteiger partial charge in [-0.2, -0.15) is 0 Å². The Hall–Kier alpha value is -0.343. The van der Waals surface area contributed by atoms with Crippen molar-refractivity contribution in [3.63, 3.8) is 0 Å². The molecule has 2 heteroatoms. The van der Waals surface area contributed by atoms with Gasteiger partial charge in [-0.05, 0) is 48.7 Å². The molecule has 0 unspecified atom stereocenters. The predicted octanol–water partition coefficient (Wildman–Crippen LogP) is 4.78. The van der Waals surface area contributed by atoms with Crippen LogP contribution in [0.5, 0.6) is 0 Å². The Kier molecular flexibility index (Phi) is 3.63. The summed E-state index contributed by atoms with van der Waals surface area (Å²) in [7, 11) is -1.64. The molecule has 0 saturated heterocycles. The second kappa shape index (κ2) is 4.64. The highest BCUT2D eigenvalue weighted by atomic mass is 28.4. The zero-order chi connectivity index (χ0) is 13.6. The van der Waals surface area contributed by atoms with Crippen molar-refractivity contribution >= 4 is 8.32 Å². The molecule has 0 aromatic rings. The lowest BCUT2D eigenvalue weighted by Gasteiger charge is -2.39. The minimum absolute atomic E-state index is 0.301. The van der Waals surface area contributed by atoms with E-state index in [9.17, 15) is 0 Å². The molecule has 4 atom stereocenters. The van der Waals surface area contributed by atoms with Crippen LogP contribution in [0.4, 0.5) is 0 Å². The van der Waals surface area contributed by atoms with Crippen LogP contribution in [0, 0.1) is 17.8 Å². The maximum absolute atomic E-state index is 6.59. The summed E-state index contributed by atoms with van der Waals surface area (Å²) < 4.78 is 6.59. The van der Waals surface area contributed by atoms with Gasteiger partial charge in [-0.1, -0.05) is 39.0 Å². The molecule has 2 aliphatic carbocycles. The van der Waals surface area contributed by atoms with Crippen molar-refractivity contribution < 1.29 is 4.43 Å². The summed E-state index contributed by atoms with van der Waals surface area (Å²) >= 11 is 0. The highest BCUT2D eigenvalue weighted by Gasteiger charge is 2.45. The van der Waals surface area contributed by atoms with E-state index in [1.807, 2.05) is 0 Å². The monoisotopic (exact) mass is 264 g/mol. The summed E-state index contributed by atoms with van der Waals surface area (Å²) in [6.45, 7) is 15.6. The third-order valence-electron chi connectivity index (χ3n) is 5.24. The lowest BCUT2D eigenvalue weighted by atomic mass is 9.98. The fourth-order valence-corrected chi connectivity index (χ4v) is 4.26. The summed E-state index contributed by atoms with van der Waals surface area (Å²) in [4.78, 5) is 0. The molecule has 1 saturated carbocycles. The summed E-state index contributed by atoms with van der Waals surface area (Å²) in [5, 5.41) is 0.301. The Morgan fingerprint density at radius 2 is 1.89 bits per heavy atom. The van der Waals surface area contributed by atoms with Crippen molar-refractivity contribution in [1.82, 2.24) is 0 Å². The van der Waals surface area contributed by atoms with Crippen molar-refractivity contribution in [1.29, 1.82) is 0 Å². The first-order chi connectivity index (χ1) is 8.24. The highest BCUT2D eigenvalue weighted by Crippen LogP contribution is 2.47. The van der Waals surface area contributed by atoms with Crippen molar-refractivity contribution in [2.45, 2.75) is 57.8 Å². The molecule has 0 aromatic carbocycles. The van der Waals surface area contributed by atoms with Crippen LogP contribution in [-0.4, -0.2) is 14.4 Å². The summed E-state index contributed by atoms with van der Waals surface area (Å²) in [6, 6.07) is 0. The van der Waals surface area contributed by atoms with Gasteiger partial charge in [0, 0.05) is 0 Å². The molecule has 102 valence electrons. The molecule has 0 aromatic heterocycles. The van der Waals surface area contributed by atoms with E-state index in [-0.39, 0.29) is 0 Å². The van der Waals surface area contributed by atoms with E-state index in [4.69, 9.17) is 4.43 Å². The molecule has 2 rings (SSSR count). The molecule has 1 fully saturated rings. The molecule has 0 radical (unpaired) electrons. The first-order valence-electron chi connectivity index (χ1n) is 7.23. The fourth-order valence-electron chi connectivity index (χ4n) is 2.98. The number of rotatable bonds is 3. The molecular formula is C16H28OSi. The van der Waals surface area contributed by atoms with Crippen molar-refractivity contribution in [3.05, 3.63) is 24.8 Å². The van der Waals surface area contributed by atoms with Crippen LogP contribution in [0.1, 0.15) is 33.6 Å². The van der Waals surface area contributed by atoms with E-state index >= 15 is 0 Å². The van der Waals surface area contributed by atoms with Crippen LogP contribution in [0.2, 0.25) is 18.1 Å². The van der Waals surface area contributed by atoms with Crippen LogP contribution in [-0.2, 0) is 4.43 Å². The maximum Gasteiger partial charge on any atom is 0.192 e. The minimum atomic E-state index is -1.64. The van der Waals surface area contributed by atoms with Gasteiger partial charge < -0.3 is 4.43 Å². The molecule has 0 amide bonds. The van der Waals surface area contributed by atoms with Crippen LogP contribution < -0.4 is 0 Å². The summed E-state index contributed by atoms with van der Waals surface area (Å²) in [6.07, 6.45) is 9.76. The van der Waals surface area contributed by atoms with Gasteiger partial charge in [0.15, 0.2) is 8.32 Å². The molecular weight excluding hydrogens is 236 g/mol. The normalized spacial score (nSPS) is 35.8. The Labute approximate surface area is 113 Å². The van der Waals surface area contributed by atoms with Crippen LogP contribution in [0.3, 0.4) is 0 Å². The highest BCUT2D eigenvalue weighted by molar-refractivity contribution is 6.74. The number of allylic oxidation sites excluding steroid dienone is 2. The van der Waals surface area contributed by atoms with Gasteiger partial charge in [0.25, 0.3) is 0 Å². The van der Waals surface area contributed by atoms with Gasteiger partial charge in [-0.3, -0.25) is 0 Å². The first-order valence-corrected chi connectivity index (χ1v) is 10.1. The van der Waals surface area contributed by atoms with Gasteiger partial charge in [0.1, 0.15) is 0 Å². The molecule has 2 aliphatic rings. The van der Waals surface area contributed by atoms with E-state index in [0.717, 1.165) is 5.92 Å². The van der Waals surface area contributed by atoms with Crippen LogP contribution in [0.15, 0.2) is 24.8 Å². The third-order valence-corrected chi connectivity index (χ3v) is 9.71. The van der Waals surface area contributed by atoms with E-state index < -0.39 is 8.32 Å². The molecule has 1 nitrogen and oxygen atoms in total. The van der Waals surface area contributed by atoms with Gasteiger partial charge in [0.05, 0.1) is 6.10 Å². The second-order valence-corrected chi connectivity index (χ2v) is 12.3. The quantitative estimate of drug-likeness (QED) is 0.527. The first kappa shape index (κ1) is 14.1. The molecule has 18 heavy (non-hydrogen) atoms. The largest absolute Gasteiger partial charge is 0.410 e. The number of hydrogen-bond acceptors (Lipinski definition) is 1. The van der Waals surface area contributed by atoms with E-state index in [2.05, 4.69) is 58.7 Å². The predicted molar refractivity (Wildman–Crippen MR) is 81.1 cm³/mol. The Balaban J connectivity index is 2.04. The molecule has 0 bridgehead atoms. The van der Waals surface area contributed by atoms with Crippen molar-refractivity contribution in [2.24, 2.45) is 17.8 Å². The number of fused-ring (bicyclic) bond motifs is 1. The topological polar surface area (TPSA) is 9.23 Å². The molecule has 0 N–H and O–H groups in total. The standard InChI is InChI=1S/C16H28OSi/c1-7-12-10-13-8-9-15(14(13)11-12)17-18(5,6)16(2,3)4/h7-9,12-15H,1,10-11H2,2-6H3/t12-,13+,14-,15+/m0/s1. The lowest BCUT2D eigenvalue weighted by Crippen LogP contribution is -2.44. The minimum Gasteiger partial charge on any atom is -0.410 e. The Bertz CT molecular complexity index is 351. The van der Waals surface area contributed by atoms with E-state index in [0.29, 0.717) is 23.0 Å². The van der Waals surface area contributed by atoms with Crippen LogP contribution >= 0.6 is 0 Å². The number of hydrogen-bond donors (Lipinski definition) is 0. The lowest BCUT2D eigenvalue weighted by molar-refractivity contribution is 0.159. The van der Waals surface area contributed by atoms with Crippen molar-refractivity contribution in [2.75, 3.05) is 0 Å². The van der Waals surface area contributed by atoms with E-state index in [1.54, 1.807) is 0 Å². The average molecular weight is 264 g/mol. The van der Waals surface area contributed by atoms with Crippen LogP contribution in [0.25, 0.3) is 0 Å². The molecule has 0 aliphatic heterocycles. The summed E-state index contributed by atoms with van der Waals surface area (Å²) in [5.41, 5.74) is 0. The zero-order valence-electron chi connectivity index (χ0n) is 12.6. The Morgan fingerprint density at radius 3 is 2.44 bits per heavy atom. The third kappa shape index (κ3) is 2.50. The van der Waals surface area contributed by atoms with Gasteiger partial charge >= 0.3 is 0 Å². The maximum atomic E-state index is 6.59. The van der Waals surface area contributed by atoms with Gasteiger partial charge in [-0.15, -0.1) is 6.58 Å². The second-order valence-electron chi connectivity index (χ2n) is 7.52. The smallest absolute Gasteiger partial charge is 0.192 e. The van der Waals surface area contributed by atoms with Gasteiger partial charge in [-0.25, -0.2) is 0 Å². The fraction of sp³-hybridized carbons (Fsp3) is 0.750. The van der Waals surface area contributed by atoms with Gasteiger partial charge in [0.2, 0.25) is 0 Å². The molecule has 0 spiro atoms. The Morgan fingerprint density at radius 1 is 1.22 bits per heavy atom. The SMILES string of the molecule is C=C[C@@H]1C[C@H]2[C@H](C=C[C@H]2O[Si](C)(C)C(C)(C)C)C1. The van der Waals surface area contributed by atoms with E-state index in [1.165, 1.54) is 12.8 Å².